The number of rotatable bonds is 5. The number of carbonyl (C=O) groups is 2. The van der Waals surface area contributed by atoms with E-state index in [9.17, 15) is 9.59 Å². The zero-order chi connectivity index (χ0) is 21.1. The summed E-state index contributed by atoms with van der Waals surface area (Å²) >= 11 is 6.09. The average molecular weight is 414 g/mol. The summed E-state index contributed by atoms with van der Waals surface area (Å²) in [6, 6.07) is 12.1. The van der Waals surface area contributed by atoms with Crippen molar-refractivity contribution >= 4 is 35.2 Å². The number of halogens is 1. The SMILES string of the molecule is COC(=O)C1=C(C)N(c2cccc(Cl)c2)C(=O)/C1=C\c1cc(OC)ccc1OC. The highest BCUT2D eigenvalue weighted by atomic mass is 35.5. The first-order valence-electron chi connectivity index (χ1n) is 8.74. The van der Waals surface area contributed by atoms with Crippen LogP contribution in [0.5, 0.6) is 11.5 Å². The van der Waals surface area contributed by atoms with Crippen molar-refractivity contribution < 1.29 is 23.8 Å². The number of anilines is 1. The molecule has 0 spiro atoms. The van der Waals surface area contributed by atoms with Gasteiger partial charge in [0.05, 0.1) is 38.2 Å². The van der Waals surface area contributed by atoms with Crippen molar-refractivity contribution in [2.45, 2.75) is 6.92 Å². The summed E-state index contributed by atoms with van der Waals surface area (Å²) in [5, 5.41) is 0.481. The lowest BCUT2D eigenvalue weighted by Gasteiger charge is -2.18. The van der Waals surface area contributed by atoms with Crippen LogP contribution in [0.25, 0.3) is 6.08 Å². The second-order valence-corrected chi connectivity index (χ2v) is 6.67. The smallest absolute Gasteiger partial charge is 0.340 e. The molecule has 1 amide bonds. The molecule has 0 atom stereocenters. The van der Waals surface area contributed by atoms with E-state index >= 15 is 0 Å². The molecule has 3 rings (SSSR count). The average Bonchev–Trinajstić information content (AvgIpc) is 2.96. The summed E-state index contributed by atoms with van der Waals surface area (Å²) < 4.78 is 15.6. The minimum Gasteiger partial charge on any atom is -0.497 e. The van der Waals surface area contributed by atoms with Crippen molar-refractivity contribution in [3.63, 3.8) is 0 Å². The van der Waals surface area contributed by atoms with Crippen LogP contribution in [0, 0.1) is 0 Å². The molecule has 0 unspecified atom stereocenters. The number of esters is 1. The number of ether oxygens (including phenoxy) is 3. The van der Waals surface area contributed by atoms with Crippen LogP contribution in [0.4, 0.5) is 5.69 Å². The largest absolute Gasteiger partial charge is 0.497 e. The van der Waals surface area contributed by atoms with E-state index in [-0.39, 0.29) is 17.1 Å². The molecular weight excluding hydrogens is 394 g/mol. The van der Waals surface area contributed by atoms with Gasteiger partial charge in [0.25, 0.3) is 5.91 Å². The van der Waals surface area contributed by atoms with Gasteiger partial charge in [-0.3, -0.25) is 9.69 Å². The van der Waals surface area contributed by atoms with Gasteiger partial charge < -0.3 is 14.2 Å². The van der Waals surface area contributed by atoms with Gasteiger partial charge >= 0.3 is 5.97 Å². The fourth-order valence-electron chi connectivity index (χ4n) is 3.21. The summed E-state index contributed by atoms with van der Waals surface area (Å²) in [5.74, 6) is 0.160. The minimum absolute atomic E-state index is 0.183. The van der Waals surface area contributed by atoms with Gasteiger partial charge in [0.1, 0.15) is 11.5 Å². The van der Waals surface area contributed by atoms with Crippen LogP contribution in [-0.4, -0.2) is 33.2 Å². The van der Waals surface area contributed by atoms with Crippen molar-refractivity contribution in [3.8, 4) is 11.5 Å². The van der Waals surface area contributed by atoms with Crippen LogP contribution in [-0.2, 0) is 14.3 Å². The normalized spacial score (nSPS) is 15.1. The Hall–Kier alpha value is -3.25. The lowest BCUT2D eigenvalue weighted by atomic mass is 10.0. The Balaban J connectivity index is 2.19. The topological polar surface area (TPSA) is 65.1 Å². The predicted octanol–water partition coefficient (Wildman–Crippen LogP) is 4.23. The first-order valence-corrected chi connectivity index (χ1v) is 9.12. The lowest BCUT2D eigenvalue weighted by Crippen LogP contribution is -2.24. The van der Waals surface area contributed by atoms with Gasteiger partial charge in [0.2, 0.25) is 0 Å². The third-order valence-electron chi connectivity index (χ3n) is 4.59. The number of amides is 1. The second kappa shape index (κ2) is 8.41. The number of allylic oxidation sites excluding steroid dienone is 1. The van der Waals surface area contributed by atoms with E-state index in [1.54, 1.807) is 62.6 Å². The van der Waals surface area contributed by atoms with Gasteiger partial charge in [-0.1, -0.05) is 17.7 Å². The summed E-state index contributed by atoms with van der Waals surface area (Å²) in [6.07, 6.45) is 1.60. The summed E-state index contributed by atoms with van der Waals surface area (Å²) in [4.78, 5) is 27.3. The molecule has 0 saturated carbocycles. The number of carbonyl (C=O) groups excluding carboxylic acids is 2. The molecule has 0 aromatic heterocycles. The summed E-state index contributed by atoms with van der Waals surface area (Å²) in [5.41, 5.74) is 1.99. The van der Waals surface area contributed by atoms with Crippen molar-refractivity contribution in [2.75, 3.05) is 26.2 Å². The number of hydrogen-bond donors (Lipinski definition) is 0. The molecule has 2 aromatic rings. The number of hydrogen-bond acceptors (Lipinski definition) is 5. The molecule has 0 aliphatic carbocycles. The maximum absolute atomic E-state index is 13.3. The Morgan fingerprint density at radius 3 is 2.45 bits per heavy atom. The minimum atomic E-state index is -0.603. The Morgan fingerprint density at radius 2 is 1.83 bits per heavy atom. The molecule has 1 aliphatic rings. The molecule has 6 nitrogen and oxygen atoms in total. The molecule has 29 heavy (non-hydrogen) atoms. The number of methoxy groups -OCH3 is 3. The third-order valence-corrected chi connectivity index (χ3v) is 4.83. The highest BCUT2D eigenvalue weighted by Crippen LogP contribution is 2.37. The quantitative estimate of drug-likeness (QED) is 0.542. The van der Waals surface area contributed by atoms with E-state index in [1.165, 1.54) is 19.1 Å². The van der Waals surface area contributed by atoms with Crippen molar-refractivity contribution in [3.05, 3.63) is 69.9 Å². The maximum Gasteiger partial charge on any atom is 0.340 e. The fraction of sp³-hybridized carbons (Fsp3) is 0.182. The van der Waals surface area contributed by atoms with Crippen molar-refractivity contribution in [1.82, 2.24) is 0 Å². The molecular formula is C22H20ClNO5. The highest BCUT2D eigenvalue weighted by Gasteiger charge is 2.38. The van der Waals surface area contributed by atoms with E-state index in [0.29, 0.717) is 33.5 Å². The van der Waals surface area contributed by atoms with E-state index in [4.69, 9.17) is 25.8 Å². The van der Waals surface area contributed by atoms with Crippen LogP contribution >= 0.6 is 11.6 Å². The third kappa shape index (κ3) is 3.84. The van der Waals surface area contributed by atoms with Crippen LogP contribution < -0.4 is 14.4 Å². The first-order chi connectivity index (χ1) is 13.9. The molecule has 0 N–H and O–H groups in total. The van der Waals surface area contributed by atoms with Gasteiger partial charge in [0.15, 0.2) is 0 Å². The van der Waals surface area contributed by atoms with Gasteiger partial charge in [-0.05, 0) is 49.4 Å². The molecule has 0 saturated heterocycles. The van der Waals surface area contributed by atoms with E-state index < -0.39 is 5.97 Å². The van der Waals surface area contributed by atoms with Gasteiger partial charge in [-0.15, -0.1) is 0 Å². The fourth-order valence-corrected chi connectivity index (χ4v) is 3.40. The van der Waals surface area contributed by atoms with Gasteiger partial charge in [-0.2, -0.15) is 0 Å². The molecule has 0 fully saturated rings. The standard InChI is InChI=1S/C22H20ClNO5/c1-13-20(22(26)29-4)18(11-14-10-17(27-2)8-9-19(14)28-3)21(25)24(13)16-7-5-6-15(23)12-16/h5-12H,1-4H3/b18-11-. The maximum atomic E-state index is 13.3. The van der Waals surface area contributed by atoms with E-state index in [0.717, 1.165) is 0 Å². The van der Waals surface area contributed by atoms with E-state index in [2.05, 4.69) is 0 Å². The highest BCUT2D eigenvalue weighted by molar-refractivity contribution is 6.31. The lowest BCUT2D eigenvalue weighted by molar-refractivity contribution is -0.136. The number of benzene rings is 2. The van der Waals surface area contributed by atoms with Crippen molar-refractivity contribution in [2.24, 2.45) is 0 Å². The summed E-state index contributed by atoms with van der Waals surface area (Å²) in [6.45, 7) is 1.69. The summed E-state index contributed by atoms with van der Waals surface area (Å²) in [7, 11) is 4.35. The first kappa shape index (κ1) is 20.5. The van der Waals surface area contributed by atoms with Gasteiger partial charge in [-0.25, -0.2) is 4.79 Å². The Morgan fingerprint density at radius 1 is 1.07 bits per heavy atom. The monoisotopic (exact) mass is 413 g/mol. The zero-order valence-corrected chi connectivity index (χ0v) is 17.2. The van der Waals surface area contributed by atoms with E-state index in [1.807, 2.05) is 0 Å². The molecule has 0 radical (unpaired) electrons. The Bertz CT molecular complexity index is 1040. The molecule has 7 heteroatoms. The van der Waals surface area contributed by atoms with Crippen molar-refractivity contribution in [1.29, 1.82) is 0 Å². The predicted molar refractivity (Wildman–Crippen MR) is 111 cm³/mol. The second-order valence-electron chi connectivity index (χ2n) is 6.24. The molecule has 0 bridgehead atoms. The molecule has 1 heterocycles. The number of nitrogens with zero attached hydrogens (tertiary/aromatic N) is 1. The van der Waals surface area contributed by atoms with Crippen LogP contribution in [0.3, 0.4) is 0 Å². The van der Waals surface area contributed by atoms with Crippen LogP contribution in [0.1, 0.15) is 12.5 Å². The Labute approximate surface area is 173 Å². The van der Waals surface area contributed by atoms with Gasteiger partial charge in [0, 0.05) is 16.3 Å². The van der Waals surface area contributed by atoms with Crippen LogP contribution in [0.15, 0.2) is 59.3 Å². The Kier molecular flexibility index (Phi) is 5.94. The van der Waals surface area contributed by atoms with Crippen LogP contribution in [0.2, 0.25) is 5.02 Å². The molecule has 150 valence electrons. The molecule has 1 aliphatic heterocycles. The zero-order valence-electron chi connectivity index (χ0n) is 16.5. The molecule has 2 aromatic carbocycles.